The average molecular weight is 398 g/mol. The third-order valence-corrected chi connectivity index (χ3v) is 6.14. The summed E-state index contributed by atoms with van der Waals surface area (Å²) < 4.78 is 1.81. The van der Waals surface area contributed by atoms with Crippen LogP contribution in [0.15, 0.2) is 24.3 Å². The summed E-state index contributed by atoms with van der Waals surface area (Å²) in [6.45, 7) is 15.1. The summed E-state index contributed by atoms with van der Waals surface area (Å²) in [5, 5.41) is 7.47. The molecule has 158 valence electrons. The highest BCUT2D eigenvalue weighted by Crippen LogP contribution is 2.20. The number of benzene rings is 1. The van der Waals surface area contributed by atoms with Crippen molar-refractivity contribution in [3.63, 3.8) is 0 Å². The topological polar surface area (TPSA) is 53.4 Å². The highest BCUT2D eigenvalue weighted by molar-refractivity contribution is 5.95. The van der Waals surface area contributed by atoms with Crippen LogP contribution in [0.4, 0.5) is 5.69 Å². The number of nitrogens with zero attached hydrogens (tertiary/aromatic N) is 4. The molecule has 1 N–H and O–H groups in total. The van der Waals surface area contributed by atoms with Crippen LogP contribution in [0.1, 0.15) is 49.2 Å². The zero-order valence-corrected chi connectivity index (χ0v) is 18.7. The van der Waals surface area contributed by atoms with E-state index in [9.17, 15) is 4.79 Å². The number of piperazine rings is 1. The van der Waals surface area contributed by atoms with Gasteiger partial charge in [-0.1, -0.05) is 38.1 Å². The van der Waals surface area contributed by atoms with E-state index in [0.29, 0.717) is 5.92 Å². The molecule has 0 bridgehead atoms. The van der Waals surface area contributed by atoms with Crippen LogP contribution in [-0.2, 0) is 18.4 Å². The lowest BCUT2D eigenvalue weighted by atomic mass is 10.0. The molecule has 0 saturated carbocycles. The predicted molar refractivity (Wildman–Crippen MR) is 118 cm³/mol. The zero-order valence-electron chi connectivity index (χ0n) is 18.7. The van der Waals surface area contributed by atoms with Crippen LogP contribution in [0.3, 0.4) is 0 Å². The molecule has 1 atom stereocenters. The lowest BCUT2D eigenvalue weighted by molar-refractivity contribution is -0.121. The molecule has 0 aliphatic carbocycles. The monoisotopic (exact) mass is 397 g/mol. The lowest BCUT2D eigenvalue weighted by Gasteiger charge is -2.37. The Morgan fingerprint density at radius 2 is 1.69 bits per heavy atom. The number of anilines is 1. The Balaban J connectivity index is 1.51. The van der Waals surface area contributed by atoms with E-state index in [1.165, 1.54) is 11.1 Å². The van der Waals surface area contributed by atoms with Crippen LogP contribution in [0.25, 0.3) is 0 Å². The predicted octanol–water partition coefficient (Wildman–Crippen LogP) is 3.31. The number of carbonyl (C=O) groups is 1. The van der Waals surface area contributed by atoms with Gasteiger partial charge >= 0.3 is 0 Å². The van der Waals surface area contributed by atoms with E-state index in [1.807, 2.05) is 32.5 Å². The highest BCUT2D eigenvalue weighted by atomic mass is 16.2. The van der Waals surface area contributed by atoms with Gasteiger partial charge in [0, 0.05) is 39.8 Å². The Labute approximate surface area is 174 Å². The van der Waals surface area contributed by atoms with Gasteiger partial charge in [0.05, 0.1) is 23.1 Å². The van der Waals surface area contributed by atoms with Gasteiger partial charge in [-0.05, 0) is 37.8 Å². The van der Waals surface area contributed by atoms with Crippen LogP contribution in [0, 0.1) is 13.8 Å². The minimum absolute atomic E-state index is 0.0434. The van der Waals surface area contributed by atoms with Gasteiger partial charge in [0.2, 0.25) is 5.91 Å². The minimum atomic E-state index is -0.151. The zero-order chi connectivity index (χ0) is 21.1. The summed E-state index contributed by atoms with van der Waals surface area (Å²) in [6, 6.07) is 8.82. The van der Waals surface area contributed by atoms with Gasteiger partial charge < -0.3 is 5.32 Å². The molecule has 0 unspecified atom stereocenters. The fourth-order valence-electron chi connectivity index (χ4n) is 3.92. The Morgan fingerprint density at radius 3 is 2.21 bits per heavy atom. The van der Waals surface area contributed by atoms with Crippen molar-refractivity contribution in [1.82, 2.24) is 19.6 Å². The third kappa shape index (κ3) is 5.06. The molecular formula is C23H35N5O. The van der Waals surface area contributed by atoms with Crippen LogP contribution >= 0.6 is 0 Å². The molecule has 6 heteroatoms. The molecule has 1 amide bonds. The summed E-state index contributed by atoms with van der Waals surface area (Å²) in [7, 11) is 1.90. The number of carbonyl (C=O) groups excluding carboxylic acids is 1. The van der Waals surface area contributed by atoms with Gasteiger partial charge in [-0.2, -0.15) is 5.10 Å². The molecule has 1 aliphatic rings. The number of nitrogens with one attached hydrogen (secondary N) is 1. The quantitative estimate of drug-likeness (QED) is 0.813. The normalized spacial score (nSPS) is 16.9. The molecule has 2 aromatic rings. The van der Waals surface area contributed by atoms with Crippen molar-refractivity contribution in [2.24, 2.45) is 7.05 Å². The fraction of sp³-hybridized carbons (Fsp3) is 0.565. The fourth-order valence-corrected chi connectivity index (χ4v) is 3.92. The van der Waals surface area contributed by atoms with E-state index in [1.54, 1.807) is 0 Å². The summed E-state index contributed by atoms with van der Waals surface area (Å²) >= 11 is 0. The third-order valence-electron chi connectivity index (χ3n) is 6.14. The lowest BCUT2D eigenvalue weighted by Crippen LogP contribution is -2.52. The van der Waals surface area contributed by atoms with Crippen molar-refractivity contribution in [2.75, 3.05) is 31.5 Å². The molecule has 1 fully saturated rings. The number of hydrogen-bond acceptors (Lipinski definition) is 4. The van der Waals surface area contributed by atoms with Crippen molar-refractivity contribution < 1.29 is 4.79 Å². The maximum Gasteiger partial charge on any atom is 0.241 e. The summed E-state index contributed by atoms with van der Waals surface area (Å²) in [4.78, 5) is 17.5. The van der Waals surface area contributed by atoms with Crippen molar-refractivity contribution in [3.05, 3.63) is 46.8 Å². The number of amides is 1. The van der Waals surface area contributed by atoms with Gasteiger partial charge in [0.25, 0.3) is 0 Å². The maximum absolute atomic E-state index is 12.8. The van der Waals surface area contributed by atoms with Gasteiger partial charge in [0.15, 0.2) is 0 Å². The minimum Gasteiger partial charge on any atom is -0.322 e. The number of rotatable bonds is 6. The van der Waals surface area contributed by atoms with Crippen molar-refractivity contribution in [2.45, 2.75) is 53.1 Å². The highest BCUT2D eigenvalue weighted by Gasteiger charge is 2.26. The van der Waals surface area contributed by atoms with Crippen molar-refractivity contribution in [1.29, 1.82) is 0 Å². The van der Waals surface area contributed by atoms with Gasteiger partial charge in [-0.3, -0.25) is 19.3 Å². The smallest absolute Gasteiger partial charge is 0.241 e. The molecule has 1 aliphatic heterocycles. The molecule has 0 radical (unpaired) electrons. The molecule has 29 heavy (non-hydrogen) atoms. The second-order valence-electron chi connectivity index (χ2n) is 8.54. The van der Waals surface area contributed by atoms with Crippen LogP contribution < -0.4 is 5.32 Å². The summed E-state index contributed by atoms with van der Waals surface area (Å²) in [6.07, 6.45) is 0. The van der Waals surface area contributed by atoms with E-state index in [0.717, 1.165) is 49.8 Å². The number of aryl methyl sites for hydroxylation is 2. The van der Waals surface area contributed by atoms with Gasteiger partial charge in [0.1, 0.15) is 0 Å². The molecule has 0 spiro atoms. The molecule has 2 heterocycles. The first-order chi connectivity index (χ1) is 13.8. The Bertz CT molecular complexity index is 832. The first-order valence-electron chi connectivity index (χ1n) is 10.6. The average Bonchev–Trinajstić information content (AvgIpc) is 2.94. The molecule has 1 saturated heterocycles. The van der Waals surface area contributed by atoms with E-state index in [4.69, 9.17) is 0 Å². The number of aromatic nitrogens is 2. The van der Waals surface area contributed by atoms with Crippen LogP contribution in [-0.4, -0.2) is 57.7 Å². The number of hydrogen-bond donors (Lipinski definition) is 1. The van der Waals surface area contributed by atoms with E-state index in [2.05, 4.69) is 58.3 Å². The Morgan fingerprint density at radius 1 is 1.07 bits per heavy atom. The second kappa shape index (κ2) is 9.09. The molecule has 1 aromatic heterocycles. The molecule has 3 rings (SSSR count). The Kier molecular flexibility index (Phi) is 6.75. The van der Waals surface area contributed by atoms with Gasteiger partial charge in [-0.25, -0.2) is 0 Å². The largest absolute Gasteiger partial charge is 0.322 e. The standard InChI is InChI=1S/C23H35N5O/c1-16(2)21-9-7-20(8-10-21)15-27-11-13-28(14-12-27)19(5)23(29)24-22-17(3)25-26(6)18(22)4/h7-10,16,19H,11-15H2,1-6H3,(H,24,29)/t19-/m1/s1. The van der Waals surface area contributed by atoms with Crippen LogP contribution in [0.5, 0.6) is 0 Å². The molecule has 1 aromatic carbocycles. The van der Waals surface area contributed by atoms with Crippen molar-refractivity contribution in [3.8, 4) is 0 Å². The SMILES string of the molecule is Cc1nn(C)c(C)c1NC(=O)[C@@H](C)N1CCN(Cc2ccc(C(C)C)cc2)CC1. The molecular weight excluding hydrogens is 362 g/mol. The summed E-state index contributed by atoms with van der Waals surface area (Å²) in [5.41, 5.74) is 5.43. The van der Waals surface area contributed by atoms with Gasteiger partial charge in [-0.15, -0.1) is 0 Å². The molecule has 6 nitrogen and oxygen atoms in total. The van der Waals surface area contributed by atoms with E-state index < -0.39 is 0 Å². The first-order valence-corrected chi connectivity index (χ1v) is 10.6. The first kappa shape index (κ1) is 21.5. The van der Waals surface area contributed by atoms with Crippen molar-refractivity contribution >= 4 is 11.6 Å². The van der Waals surface area contributed by atoms with Crippen LogP contribution in [0.2, 0.25) is 0 Å². The van der Waals surface area contributed by atoms with E-state index in [-0.39, 0.29) is 11.9 Å². The summed E-state index contributed by atoms with van der Waals surface area (Å²) in [5.74, 6) is 0.612. The second-order valence-corrected chi connectivity index (χ2v) is 8.54. The maximum atomic E-state index is 12.8. The van der Waals surface area contributed by atoms with E-state index >= 15 is 0 Å². The Hall–Kier alpha value is -2.18.